The van der Waals surface area contributed by atoms with Crippen molar-refractivity contribution in [3.63, 3.8) is 0 Å². The lowest BCUT2D eigenvalue weighted by atomic mass is 9.81. The second-order valence-corrected chi connectivity index (χ2v) is 11.3. The van der Waals surface area contributed by atoms with E-state index in [0.717, 1.165) is 30.6 Å². The summed E-state index contributed by atoms with van der Waals surface area (Å²) in [6, 6.07) is 4.59. The Labute approximate surface area is 202 Å². The fraction of sp³-hybridized carbons (Fsp3) is 0.692. The SMILES string of the molecule is CCC1CC2CC(C)(CC(=O)NCC(=O)N3CCN(Cc4cc(Cl)ccc4F)CC3)CC2C1. The zero-order valence-corrected chi connectivity index (χ0v) is 20.7. The molecule has 1 N–H and O–H groups in total. The number of benzene rings is 1. The van der Waals surface area contributed by atoms with Crippen LogP contribution in [0.4, 0.5) is 4.39 Å². The first-order chi connectivity index (χ1) is 15.7. The van der Waals surface area contributed by atoms with Crippen molar-refractivity contribution in [3.8, 4) is 0 Å². The van der Waals surface area contributed by atoms with E-state index in [9.17, 15) is 14.0 Å². The van der Waals surface area contributed by atoms with Crippen molar-refractivity contribution in [2.45, 2.75) is 58.9 Å². The number of carbonyl (C=O) groups is 2. The molecule has 0 spiro atoms. The molecule has 0 bridgehead atoms. The van der Waals surface area contributed by atoms with Gasteiger partial charge in [-0.25, -0.2) is 4.39 Å². The summed E-state index contributed by atoms with van der Waals surface area (Å²) in [5.74, 6) is 2.13. The molecule has 2 unspecified atom stereocenters. The van der Waals surface area contributed by atoms with Gasteiger partial charge in [-0.05, 0) is 67.1 Å². The second-order valence-electron chi connectivity index (χ2n) is 10.8. The van der Waals surface area contributed by atoms with Gasteiger partial charge < -0.3 is 10.2 Å². The van der Waals surface area contributed by atoms with Crippen LogP contribution in [0, 0.1) is 29.0 Å². The molecular formula is C26H37ClFN3O2. The van der Waals surface area contributed by atoms with Crippen LogP contribution in [0.25, 0.3) is 0 Å². The summed E-state index contributed by atoms with van der Waals surface area (Å²) < 4.78 is 14.0. The molecule has 0 aromatic heterocycles. The van der Waals surface area contributed by atoms with Gasteiger partial charge in [-0.15, -0.1) is 0 Å². The smallest absolute Gasteiger partial charge is 0.242 e. The molecule has 2 atom stereocenters. The minimum absolute atomic E-state index is 0.00654. The number of rotatable bonds is 7. The van der Waals surface area contributed by atoms with E-state index in [4.69, 9.17) is 11.6 Å². The Balaban J connectivity index is 1.17. The average molecular weight is 478 g/mol. The van der Waals surface area contributed by atoms with Gasteiger partial charge >= 0.3 is 0 Å². The third-order valence-electron chi connectivity index (χ3n) is 8.18. The fourth-order valence-electron chi connectivity index (χ4n) is 6.46. The minimum atomic E-state index is -0.259. The maximum atomic E-state index is 14.0. The lowest BCUT2D eigenvalue weighted by Gasteiger charge is -2.35. The Hall–Kier alpha value is -1.66. The molecule has 2 aliphatic carbocycles. The molecule has 7 heteroatoms. The molecule has 2 saturated carbocycles. The third-order valence-corrected chi connectivity index (χ3v) is 8.41. The van der Waals surface area contributed by atoms with E-state index in [0.29, 0.717) is 49.7 Å². The molecule has 0 radical (unpaired) electrons. The van der Waals surface area contributed by atoms with Crippen LogP contribution in [0.2, 0.25) is 5.02 Å². The second kappa shape index (κ2) is 10.3. The molecule has 1 aromatic carbocycles. The third kappa shape index (κ3) is 6.07. The van der Waals surface area contributed by atoms with Crippen molar-refractivity contribution in [2.75, 3.05) is 32.7 Å². The van der Waals surface area contributed by atoms with Crippen LogP contribution in [-0.2, 0) is 16.1 Å². The highest BCUT2D eigenvalue weighted by Crippen LogP contribution is 2.56. The van der Waals surface area contributed by atoms with Gasteiger partial charge in [0.25, 0.3) is 0 Å². The predicted octanol–water partition coefficient (Wildman–Crippen LogP) is 4.48. The Morgan fingerprint density at radius 3 is 2.45 bits per heavy atom. The van der Waals surface area contributed by atoms with E-state index in [1.54, 1.807) is 17.0 Å². The summed E-state index contributed by atoms with van der Waals surface area (Å²) in [5, 5.41) is 3.40. The van der Waals surface area contributed by atoms with Crippen molar-refractivity contribution < 1.29 is 14.0 Å². The van der Waals surface area contributed by atoms with Gasteiger partial charge in [-0.3, -0.25) is 14.5 Å². The van der Waals surface area contributed by atoms with Gasteiger partial charge in [0.05, 0.1) is 6.54 Å². The van der Waals surface area contributed by atoms with Crippen molar-refractivity contribution >= 4 is 23.4 Å². The van der Waals surface area contributed by atoms with Gasteiger partial charge in [-0.1, -0.05) is 31.9 Å². The van der Waals surface area contributed by atoms with Crippen molar-refractivity contribution in [3.05, 3.63) is 34.6 Å². The highest BCUT2D eigenvalue weighted by atomic mass is 35.5. The van der Waals surface area contributed by atoms with E-state index in [1.165, 1.54) is 25.3 Å². The largest absolute Gasteiger partial charge is 0.347 e. The van der Waals surface area contributed by atoms with Crippen molar-refractivity contribution in [2.24, 2.45) is 23.2 Å². The lowest BCUT2D eigenvalue weighted by Crippen LogP contribution is -2.51. The summed E-state index contributed by atoms with van der Waals surface area (Å²) in [6.45, 7) is 7.57. The number of amides is 2. The standard InChI is InChI=1S/C26H37ClFN3O2/c1-3-18-10-19-13-26(2,14-20(19)11-18)15-24(32)29-16-25(33)31-8-6-30(7-9-31)17-21-12-22(27)4-5-23(21)28/h4-5,12,18-20H,3,6-11,13-17H2,1-2H3,(H,29,32). The average Bonchev–Trinajstić information content (AvgIpc) is 3.29. The molecule has 1 saturated heterocycles. The zero-order chi connectivity index (χ0) is 23.6. The van der Waals surface area contributed by atoms with Gasteiger partial charge in [0.15, 0.2) is 0 Å². The van der Waals surface area contributed by atoms with Crippen LogP contribution >= 0.6 is 11.6 Å². The van der Waals surface area contributed by atoms with E-state index >= 15 is 0 Å². The molecule has 3 fully saturated rings. The molecule has 2 amide bonds. The Morgan fingerprint density at radius 2 is 1.82 bits per heavy atom. The first-order valence-corrected chi connectivity index (χ1v) is 12.8. The molecule has 4 rings (SSSR count). The first kappa shape index (κ1) is 24.5. The molecule has 1 heterocycles. The molecule has 1 aliphatic heterocycles. The van der Waals surface area contributed by atoms with Gasteiger partial charge in [-0.2, -0.15) is 0 Å². The molecule has 1 aromatic rings. The summed E-state index contributed by atoms with van der Waals surface area (Å²) in [6.07, 6.45) is 6.73. The number of piperazine rings is 1. The monoisotopic (exact) mass is 477 g/mol. The maximum Gasteiger partial charge on any atom is 0.242 e. The van der Waals surface area contributed by atoms with Crippen LogP contribution in [0.3, 0.4) is 0 Å². The van der Waals surface area contributed by atoms with E-state index in [1.807, 2.05) is 0 Å². The highest BCUT2D eigenvalue weighted by molar-refractivity contribution is 6.30. The van der Waals surface area contributed by atoms with E-state index < -0.39 is 0 Å². The number of fused-ring (bicyclic) bond motifs is 1. The summed E-state index contributed by atoms with van der Waals surface area (Å²) in [4.78, 5) is 29.1. The summed E-state index contributed by atoms with van der Waals surface area (Å²) >= 11 is 5.99. The van der Waals surface area contributed by atoms with Crippen LogP contribution in [-0.4, -0.2) is 54.3 Å². The number of carbonyl (C=O) groups excluding carboxylic acids is 2. The number of nitrogens with one attached hydrogen (secondary N) is 1. The maximum absolute atomic E-state index is 14.0. The Bertz CT molecular complexity index is 857. The minimum Gasteiger partial charge on any atom is -0.347 e. The summed E-state index contributed by atoms with van der Waals surface area (Å²) in [7, 11) is 0. The summed E-state index contributed by atoms with van der Waals surface area (Å²) in [5.41, 5.74) is 0.645. The number of hydrogen-bond donors (Lipinski definition) is 1. The van der Waals surface area contributed by atoms with Crippen molar-refractivity contribution in [1.82, 2.24) is 15.1 Å². The number of nitrogens with zero attached hydrogens (tertiary/aromatic N) is 2. The predicted molar refractivity (Wildman–Crippen MR) is 128 cm³/mol. The van der Waals surface area contributed by atoms with Crippen LogP contribution in [0.5, 0.6) is 0 Å². The number of hydrogen-bond acceptors (Lipinski definition) is 3. The quantitative estimate of drug-likeness (QED) is 0.629. The molecule has 182 valence electrons. The van der Waals surface area contributed by atoms with E-state index in [-0.39, 0.29) is 29.6 Å². The van der Waals surface area contributed by atoms with Crippen LogP contribution in [0.15, 0.2) is 18.2 Å². The Kier molecular flexibility index (Phi) is 7.64. The van der Waals surface area contributed by atoms with Crippen LogP contribution in [0.1, 0.15) is 57.9 Å². The van der Waals surface area contributed by atoms with Gasteiger partial charge in [0.1, 0.15) is 5.82 Å². The van der Waals surface area contributed by atoms with E-state index in [2.05, 4.69) is 24.1 Å². The molecule has 3 aliphatic rings. The first-order valence-electron chi connectivity index (χ1n) is 12.5. The molecule has 33 heavy (non-hydrogen) atoms. The lowest BCUT2D eigenvalue weighted by molar-refractivity contribution is -0.134. The zero-order valence-electron chi connectivity index (χ0n) is 19.9. The molecular weight excluding hydrogens is 441 g/mol. The topological polar surface area (TPSA) is 52.7 Å². The Morgan fingerprint density at radius 1 is 1.15 bits per heavy atom. The van der Waals surface area contributed by atoms with Gasteiger partial charge in [0.2, 0.25) is 11.8 Å². The highest BCUT2D eigenvalue weighted by Gasteiger charge is 2.47. The van der Waals surface area contributed by atoms with Crippen LogP contribution < -0.4 is 5.32 Å². The van der Waals surface area contributed by atoms with Crippen molar-refractivity contribution in [1.29, 1.82) is 0 Å². The fourth-order valence-corrected chi connectivity index (χ4v) is 6.66. The molecule has 5 nitrogen and oxygen atoms in total. The number of halogens is 2. The van der Waals surface area contributed by atoms with Gasteiger partial charge in [0, 0.05) is 49.7 Å². The normalized spacial score (nSPS) is 29.8.